The van der Waals surface area contributed by atoms with Crippen molar-refractivity contribution in [3.8, 4) is 6.07 Å². The molecule has 0 spiro atoms. The highest BCUT2D eigenvalue weighted by Crippen LogP contribution is 2.37. The maximum absolute atomic E-state index is 8.66. The highest BCUT2D eigenvalue weighted by Gasteiger charge is 2.39. The van der Waals surface area contributed by atoms with Crippen LogP contribution in [0.25, 0.3) is 0 Å². The zero-order chi connectivity index (χ0) is 11.5. The minimum atomic E-state index is 0.524. The van der Waals surface area contributed by atoms with E-state index in [2.05, 4.69) is 31.0 Å². The zero-order valence-corrected chi connectivity index (χ0v) is 9.74. The fourth-order valence-corrected chi connectivity index (χ4v) is 2.86. The Morgan fingerprint density at radius 2 is 2.25 bits per heavy atom. The molecule has 0 radical (unpaired) electrons. The lowest BCUT2D eigenvalue weighted by Crippen LogP contribution is -2.23. The Balaban J connectivity index is 2.05. The van der Waals surface area contributed by atoms with Crippen LogP contribution in [0.1, 0.15) is 26.2 Å². The quantitative estimate of drug-likeness (QED) is 0.579. The van der Waals surface area contributed by atoms with Gasteiger partial charge in [-0.25, -0.2) is 0 Å². The molecule has 0 amide bonds. The van der Waals surface area contributed by atoms with Crippen LogP contribution in [0, 0.1) is 17.2 Å². The van der Waals surface area contributed by atoms with Crippen LogP contribution < -0.4 is 5.32 Å². The van der Waals surface area contributed by atoms with Crippen molar-refractivity contribution in [1.82, 2.24) is 5.32 Å². The van der Waals surface area contributed by atoms with E-state index < -0.39 is 0 Å². The van der Waals surface area contributed by atoms with Crippen molar-refractivity contribution in [2.75, 3.05) is 0 Å². The lowest BCUT2D eigenvalue weighted by Gasteiger charge is -2.21. The van der Waals surface area contributed by atoms with E-state index in [4.69, 9.17) is 5.26 Å². The lowest BCUT2D eigenvalue weighted by molar-refractivity contribution is 0.466. The molecule has 2 saturated heterocycles. The van der Waals surface area contributed by atoms with E-state index in [0.29, 0.717) is 17.5 Å². The van der Waals surface area contributed by atoms with E-state index in [-0.39, 0.29) is 0 Å². The van der Waals surface area contributed by atoms with Crippen molar-refractivity contribution in [3.63, 3.8) is 0 Å². The Morgan fingerprint density at radius 3 is 2.75 bits per heavy atom. The minimum absolute atomic E-state index is 0.524. The second-order valence-electron chi connectivity index (χ2n) is 4.65. The van der Waals surface area contributed by atoms with E-state index in [1.54, 1.807) is 0 Å². The standard InChI is InChI=1S/C14H18N2/c1-3-11(5-4-10(2)9-15)13-8-12-6-7-14(13)16-12/h3-5,12-14,16H,2,6-8H2,1H3/b5-4-,11-3+. The van der Waals surface area contributed by atoms with Crippen LogP contribution in [0.15, 0.2) is 36.0 Å². The number of fused-ring (bicyclic) bond motifs is 2. The van der Waals surface area contributed by atoms with Crippen LogP contribution in [0.4, 0.5) is 0 Å². The van der Waals surface area contributed by atoms with E-state index in [1.165, 1.54) is 24.8 Å². The fourth-order valence-electron chi connectivity index (χ4n) is 2.86. The molecule has 2 nitrogen and oxygen atoms in total. The summed E-state index contributed by atoms with van der Waals surface area (Å²) in [4.78, 5) is 0. The molecule has 0 aliphatic carbocycles. The molecule has 2 aliphatic heterocycles. The maximum Gasteiger partial charge on any atom is 0.0985 e. The highest BCUT2D eigenvalue weighted by molar-refractivity contribution is 5.36. The van der Waals surface area contributed by atoms with Crippen molar-refractivity contribution in [2.45, 2.75) is 38.3 Å². The van der Waals surface area contributed by atoms with Crippen molar-refractivity contribution in [1.29, 1.82) is 5.26 Å². The number of rotatable bonds is 3. The second-order valence-corrected chi connectivity index (χ2v) is 4.65. The van der Waals surface area contributed by atoms with Crippen LogP contribution >= 0.6 is 0 Å². The normalized spacial score (nSPS) is 33.2. The van der Waals surface area contributed by atoms with Crippen LogP contribution in [0.3, 0.4) is 0 Å². The van der Waals surface area contributed by atoms with E-state index in [1.807, 2.05) is 12.1 Å². The van der Waals surface area contributed by atoms with Gasteiger partial charge in [0.1, 0.15) is 0 Å². The van der Waals surface area contributed by atoms with Crippen LogP contribution in [-0.2, 0) is 0 Å². The van der Waals surface area contributed by atoms with Gasteiger partial charge in [0, 0.05) is 23.6 Å². The van der Waals surface area contributed by atoms with Gasteiger partial charge >= 0.3 is 0 Å². The number of nitrogens with zero attached hydrogens (tertiary/aromatic N) is 1. The van der Waals surface area contributed by atoms with Gasteiger partial charge in [-0.1, -0.05) is 18.7 Å². The van der Waals surface area contributed by atoms with Crippen molar-refractivity contribution in [2.24, 2.45) is 5.92 Å². The van der Waals surface area contributed by atoms with Gasteiger partial charge in [0.05, 0.1) is 6.07 Å². The summed E-state index contributed by atoms with van der Waals surface area (Å²) in [5.74, 6) is 0.631. The van der Waals surface area contributed by atoms with Gasteiger partial charge in [0.15, 0.2) is 0 Å². The lowest BCUT2D eigenvalue weighted by atomic mass is 9.83. The maximum atomic E-state index is 8.66. The summed E-state index contributed by atoms with van der Waals surface area (Å²) in [6, 6.07) is 3.41. The smallest absolute Gasteiger partial charge is 0.0985 e. The molecule has 0 aromatic carbocycles. The second kappa shape index (κ2) is 4.67. The molecule has 2 heterocycles. The molecule has 0 saturated carbocycles. The van der Waals surface area contributed by atoms with Crippen molar-refractivity contribution < 1.29 is 0 Å². The third-order valence-electron chi connectivity index (χ3n) is 3.68. The number of nitriles is 1. The molecular formula is C14H18N2. The minimum Gasteiger partial charge on any atom is -0.311 e. The summed E-state index contributed by atoms with van der Waals surface area (Å²) < 4.78 is 0. The Bertz CT molecular complexity index is 384. The predicted octanol–water partition coefficient (Wildman–Crippen LogP) is 2.71. The summed E-state index contributed by atoms with van der Waals surface area (Å²) in [5.41, 5.74) is 1.87. The molecule has 0 aromatic heterocycles. The summed E-state index contributed by atoms with van der Waals surface area (Å²) in [5, 5.41) is 12.3. The molecular weight excluding hydrogens is 196 g/mol. The van der Waals surface area contributed by atoms with Gasteiger partial charge < -0.3 is 5.32 Å². The summed E-state index contributed by atoms with van der Waals surface area (Å²) >= 11 is 0. The Hall–Kier alpha value is -1.33. The van der Waals surface area contributed by atoms with Gasteiger partial charge in [-0.3, -0.25) is 0 Å². The SMILES string of the molecule is C=C(C#N)/C=C\C(=C/C)C1CC2CCC1N2. The first-order valence-corrected chi connectivity index (χ1v) is 5.94. The molecule has 84 valence electrons. The van der Waals surface area contributed by atoms with Gasteiger partial charge in [-0.05, 0) is 37.8 Å². The van der Waals surface area contributed by atoms with Gasteiger partial charge in [0.25, 0.3) is 0 Å². The van der Waals surface area contributed by atoms with Crippen molar-refractivity contribution >= 4 is 0 Å². The highest BCUT2D eigenvalue weighted by atomic mass is 15.0. The molecule has 2 heteroatoms. The number of nitrogens with one attached hydrogen (secondary N) is 1. The zero-order valence-electron chi connectivity index (χ0n) is 9.74. The first kappa shape index (κ1) is 11.2. The summed E-state index contributed by atoms with van der Waals surface area (Å²) in [7, 11) is 0. The van der Waals surface area contributed by atoms with Gasteiger partial charge in [-0.2, -0.15) is 5.26 Å². The third kappa shape index (κ3) is 2.10. The Kier molecular flexibility index (Phi) is 3.26. The predicted molar refractivity (Wildman–Crippen MR) is 65.7 cm³/mol. The van der Waals surface area contributed by atoms with E-state index >= 15 is 0 Å². The average Bonchev–Trinajstić information content (AvgIpc) is 2.91. The van der Waals surface area contributed by atoms with Crippen LogP contribution in [0.2, 0.25) is 0 Å². The molecule has 2 aliphatic rings. The largest absolute Gasteiger partial charge is 0.311 e. The molecule has 2 bridgehead atoms. The van der Waals surface area contributed by atoms with Crippen molar-refractivity contribution in [3.05, 3.63) is 36.0 Å². The monoisotopic (exact) mass is 214 g/mol. The molecule has 0 aromatic rings. The summed E-state index contributed by atoms with van der Waals surface area (Å²) in [6.07, 6.45) is 9.90. The first-order valence-electron chi connectivity index (χ1n) is 5.94. The average molecular weight is 214 g/mol. The van der Waals surface area contributed by atoms with Crippen LogP contribution in [-0.4, -0.2) is 12.1 Å². The molecule has 2 rings (SSSR count). The molecule has 16 heavy (non-hydrogen) atoms. The summed E-state index contributed by atoms with van der Waals surface area (Å²) in [6.45, 7) is 5.73. The fraction of sp³-hybridized carbons (Fsp3) is 0.500. The topological polar surface area (TPSA) is 35.8 Å². The number of hydrogen-bond acceptors (Lipinski definition) is 2. The Morgan fingerprint density at radius 1 is 1.44 bits per heavy atom. The van der Waals surface area contributed by atoms with Gasteiger partial charge in [0.2, 0.25) is 0 Å². The Labute approximate surface area is 97.3 Å². The van der Waals surface area contributed by atoms with E-state index in [9.17, 15) is 0 Å². The van der Waals surface area contributed by atoms with E-state index in [0.717, 1.165) is 6.04 Å². The molecule has 3 atom stereocenters. The first-order chi connectivity index (χ1) is 7.74. The molecule has 3 unspecified atom stereocenters. The number of hydrogen-bond donors (Lipinski definition) is 1. The molecule has 2 fully saturated rings. The van der Waals surface area contributed by atoms with Gasteiger partial charge in [-0.15, -0.1) is 0 Å². The number of allylic oxidation sites excluding steroid dienone is 4. The third-order valence-corrected chi connectivity index (χ3v) is 3.68. The van der Waals surface area contributed by atoms with Crippen LogP contribution in [0.5, 0.6) is 0 Å². The molecule has 1 N–H and O–H groups in total.